The normalized spacial score (nSPS) is 19.7. The van der Waals surface area contributed by atoms with E-state index in [1.165, 1.54) is 12.1 Å². The van der Waals surface area contributed by atoms with Gasteiger partial charge in [-0.15, -0.1) is 0 Å². The molecule has 1 saturated heterocycles. The summed E-state index contributed by atoms with van der Waals surface area (Å²) in [5, 5.41) is 54.7. The number of imide groups is 1. The lowest BCUT2D eigenvalue weighted by atomic mass is 9.68. The average molecular weight is 774 g/mol. The van der Waals surface area contributed by atoms with Crippen LogP contribution in [-0.4, -0.2) is 71.9 Å². The SMILES string of the molecule is CC/C(=C\c1ccc(O)cc1)CC[C@@H](O)C1=C(CO[Si](c2ccccc2)(c2ccccc2)C(C)(C)C)C[C@H]2C(=O)N(c3cccc(B(O)O)c3)C(=O)[C@H]2[C@H]1CO. The maximum absolute atomic E-state index is 14.3. The molecule has 6 rings (SSSR count). The highest BCUT2D eigenvalue weighted by atomic mass is 28.4. The molecular formula is C45H52BNO8Si. The Hall–Kier alpha value is -4.62. The van der Waals surface area contributed by atoms with Crippen LogP contribution in [0.3, 0.4) is 0 Å². The van der Waals surface area contributed by atoms with Gasteiger partial charge in [0.25, 0.3) is 8.32 Å². The molecule has 0 spiro atoms. The maximum Gasteiger partial charge on any atom is 0.488 e. The van der Waals surface area contributed by atoms with Crippen LogP contribution in [0.5, 0.6) is 5.75 Å². The average Bonchev–Trinajstić information content (AvgIpc) is 3.45. The second kappa shape index (κ2) is 17.3. The highest BCUT2D eigenvalue weighted by molar-refractivity contribution is 6.99. The Bertz CT molecular complexity index is 2020. The predicted octanol–water partition coefficient (Wildman–Crippen LogP) is 4.70. The van der Waals surface area contributed by atoms with Gasteiger partial charge in [0.1, 0.15) is 5.75 Å². The van der Waals surface area contributed by atoms with E-state index >= 15 is 0 Å². The molecule has 4 aromatic carbocycles. The number of anilines is 1. The van der Waals surface area contributed by atoms with Crippen LogP contribution in [0.1, 0.15) is 58.9 Å². The molecule has 2 amide bonds. The molecule has 1 heterocycles. The topological polar surface area (TPSA) is 148 Å². The lowest BCUT2D eigenvalue weighted by Crippen LogP contribution is -2.66. The Morgan fingerprint density at radius 3 is 2.09 bits per heavy atom. The highest BCUT2D eigenvalue weighted by Gasteiger charge is 2.56. The van der Waals surface area contributed by atoms with Gasteiger partial charge in [0.2, 0.25) is 11.8 Å². The zero-order valence-corrected chi connectivity index (χ0v) is 33.5. The summed E-state index contributed by atoms with van der Waals surface area (Å²) in [4.78, 5) is 29.8. The van der Waals surface area contributed by atoms with Gasteiger partial charge in [-0.1, -0.05) is 124 Å². The van der Waals surface area contributed by atoms with Crippen LogP contribution in [-0.2, 0) is 14.0 Å². The van der Waals surface area contributed by atoms with Crippen molar-refractivity contribution in [2.45, 2.75) is 64.5 Å². The monoisotopic (exact) mass is 773 g/mol. The summed E-state index contributed by atoms with van der Waals surface area (Å²) < 4.78 is 7.37. The molecule has 1 fully saturated rings. The fourth-order valence-corrected chi connectivity index (χ4v) is 13.3. The first-order valence-electron chi connectivity index (χ1n) is 19.4. The third-order valence-electron chi connectivity index (χ3n) is 11.5. The van der Waals surface area contributed by atoms with E-state index < -0.39 is 57.7 Å². The largest absolute Gasteiger partial charge is 0.508 e. The summed E-state index contributed by atoms with van der Waals surface area (Å²) in [6, 6.07) is 33.4. The minimum absolute atomic E-state index is 0.0804. The minimum atomic E-state index is -3.08. The van der Waals surface area contributed by atoms with Gasteiger partial charge in [0.05, 0.1) is 36.8 Å². The number of nitrogens with zero attached hydrogens (tertiary/aromatic N) is 1. The van der Waals surface area contributed by atoms with Gasteiger partial charge < -0.3 is 29.8 Å². The van der Waals surface area contributed by atoms with Gasteiger partial charge in [0.15, 0.2) is 0 Å². The third kappa shape index (κ3) is 8.11. The zero-order valence-electron chi connectivity index (χ0n) is 32.5. The number of hydrogen-bond donors (Lipinski definition) is 5. The number of carbonyl (C=O) groups is 2. The fraction of sp³-hybridized carbons (Fsp3) is 0.333. The van der Waals surface area contributed by atoms with Crippen LogP contribution in [0.2, 0.25) is 5.04 Å². The van der Waals surface area contributed by atoms with Gasteiger partial charge >= 0.3 is 7.12 Å². The molecule has 292 valence electrons. The highest BCUT2D eigenvalue weighted by Crippen LogP contribution is 2.48. The number of phenols is 1. The van der Waals surface area contributed by atoms with E-state index in [1.807, 2.05) is 61.5 Å². The molecule has 0 aromatic heterocycles. The van der Waals surface area contributed by atoms with Crippen molar-refractivity contribution in [3.8, 4) is 5.75 Å². The number of carbonyl (C=O) groups excluding carboxylic acids is 2. The number of benzene rings is 4. The van der Waals surface area contributed by atoms with E-state index in [2.05, 4.69) is 45.0 Å². The van der Waals surface area contributed by atoms with Crippen molar-refractivity contribution in [3.63, 3.8) is 0 Å². The van der Waals surface area contributed by atoms with E-state index in [1.54, 1.807) is 24.3 Å². The van der Waals surface area contributed by atoms with E-state index in [9.17, 15) is 35.0 Å². The minimum Gasteiger partial charge on any atom is -0.508 e. The second-order valence-electron chi connectivity index (χ2n) is 15.9. The first kappa shape index (κ1) is 41.0. The van der Waals surface area contributed by atoms with Crippen LogP contribution < -0.4 is 20.7 Å². The molecule has 2 aliphatic rings. The molecule has 4 atom stereocenters. The number of aromatic hydroxyl groups is 1. The van der Waals surface area contributed by atoms with Crippen LogP contribution in [0, 0.1) is 17.8 Å². The number of hydrogen-bond acceptors (Lipinski definition) is 8. The van der Waals surface area contributed by atoms with Crippen molar-refractivity contribution < 1.29 is 39.4 Å². The first-order valence-corrected chi connectivity index (χ1v) is 21.3. The van der Waals surface area contributed by atoms with Gasteiger partial charge in [-0.3, -0.25) is 14.5 Å². The lowest BCUT2D eigenvalue weighted by molar-refractivity contribution is -0.123. The van der Waals surface area contributed by atoms with Gasteiger partial charge in [-0.2, -0.15) is 0 Å². The van der Waals surface area contributed by atoms with Gasteiger partial charge in [-0.25, -0.2) is 0 Å². The summed E-state index contributed by atoms with van der Waals surface area (Å²) >= 11 is 0. The quantitative estimate of drug-likeness (QED) is 0.0705. The standard InChI is InChI=1S/C45H52BNO8Si/c1-5-30(25-31-19-22-35(49)23-20-31)21-24-40(50)41-32(29-55-56(45(2,3)4,36-15-8-6-9-16-36)37-17-10-7-11-18-37)26-38-42(39(41)28-48)44(52)47(43(38)51)34-14-12-13-33(27-34)46(53)54/h6-20,22-23,25,27,38-40,42,48-50,53-54H,5,21,24,26,28-29H2,1-4H3/b30-25+/t38-,39+,40-,42-/m1/s1. The van der Waals surface area contributed by atoms with Gasteiger partial charge in [-0.05, 0) is 87.5 Å². The Balaban J connectivity index is 1.43. The number of allylic oxidation sites excluding steroid dienone is 1. The maximum atomic E-state index is 14.3. The molecule has 5 N–H and O–H groups in total. The molecule has 56 heavy (non-hydrogen) atoms. The van der Waals surface area contributed by atoms with E-state index in [4.69, 9.17) is 4.43 Å². The smallest absolute Gasteiger partial charge is 0.488 e. The van der Waals surface area contributed by atoms with E-state index in [0.29, 0.717) is 24.0 Å². The number of rotatable bonds is 14. The fourth-order valence-electron chi connectivity index (χ4n) is 8.76. The molecule has 1 aliphatic carbocycles. The number of aliphatic hydroxyl groups is 2. The summed E-state index contributed by atoms with van der Waals surface area (Å²) in [5.41, 5.74) is 3.60. The molecular weight excluding hydrogens is 721 g/mol. The van der Waals surface area contributed by atoms with Crippen molar-refractivity contribution in [3.05, 3.63) is 131 Å². The van der Waals surface area contributed by atoms with Crippen LogP contribution in [0.4, 0.5) is 5.69 Å². The summed E-state index contributed by atoms with van der Waals surface area (Å²) in [7, 11) is -4.87. The van der Waals surface area contributed by atoms with Crippen LogP contribution >= 0.6 is 0 Å². The van der Waals surface area contributed by atoms with Crippen molar-refractivity contribution in [1.82, 2.24) is 0 Å². The van der Waals surface area contributed by atoms with Crippen molar-refractivity contribution in [1.29, 1.82) is 0 Å². The van der Waals surface area contributed by atoms with E-state index in [-0.39, 0.29) is 35.0 Å². The second-order valence-corrected chi connectivity index (χ2v) is 20.2. The molecule has 0 radical (unpaired) electrons. The number of phenolic OH excluding ortho intramolecular Hbond substituents is 1. The Morgan fingerprint density at radius 1 is 0.911 bits per heavy atom. The Morgan fingerprint density at radius 2 is 1.54 bits per heavy atom. The summed E-state index contributed by atoms with van der Waals surface area (Å²) in [6.07, 6.45) is 2.72. The van der Waals surface area contributed by atoms with E-state index in [0.717, 1.165) is 32.8 Å². The zero-order chi connectivity index (χ0) is 40.2. The predicted molar refractivity (Wildman–Crippen MR) is 223 cm³/mol. The Labute approximate surface area is 330 Å². The first-order chi connectivity index (χ1) is 26.8. The third-order valence-corrected chi connectivity index (χ3v) is 16.5. The number of fused-ring (bicyclic) bond motifs is 1. The van der Waals surface area contributed by atoms with Crippen LogP contribution in [0.15, 0.2) is 126 Å². The van der Waals surface area contributed by atoms with Gasteiger partial charge in [0, 0.05) is 5.92 Å². The summed E-state index contributed by atoms with van der Waals surface area (Å²) in [5.74, 6) is -3.38. The van der Waals surface area contributed by atoms with Crippen molar-refractivity contribution >= 4 is 54.8 Å². The molecule has 9 nitrogen and oxygen atoms in total. The molecule has 0 bridgehead atoms. The number of aliphatic hydroxyl groups excluding tert-OH is 2. The van der Waals surface area contributed by atoms with Crippen molar-refractivity contribution in [2.75, 3.05) is 18.1 Å². The van der Waals surface area contributed by atoms with Crippen molar-refractivity contribution in [2.24, 2.45) is 17.8 Å². The molecule has 1 aliphatic heterocycles. The van der Waals surface area contributed by atoms with Crippen LogP contribution in [0.25, 0.3) is 6.08 Å². The molecule has 0 saturated carbocycles. The molecule has 11 heteroatoms. The Kier molecular flexibility index (Phi) is 12.6. The lowest BCUT2D eigenvalue weighted by Gasteiger charge is -2.44. The number of amides is 2. The molecule has 0 unspecified atom stereocenters. The summed E-state index contributed by atoms with van der Waals surface area (Å²) in [6.45, 7) is 8.19. The molecule has 4 aromatic rings.